The van der Waals surface area contributed by atoms with Crippen molar-refractivity contribution in [3.8, 4) is 0 Å². The van der Waals surface area contributed by atoms with Gasteiger partial charge in [0.1, 0.15) is 0 Å². The normalized spacial score (nSPS) is 15.3. The number of hydrogen-bond acceptors (Lipinski definition) is 2. The van der Waals surface area contributed by atoms with Gasteiger partial charge in [-0.25, -0.2) is 0 Å². The molecule has 0 amide bonds. The van der Waals surface area contributed by atoms with E-state index in [1.54, 1.807) is 14.2 Å². The van der Waals surface area contributed by atoms with E-state index in [9.17, 15) is 0 Å². The molecule has 0 aromatic heterocycles. The van der Waals surface area contributed by atoms with Gasteiger partial charge in [-0.05, 0) is 20.8 Å². The minimum Gasteiger partial charge on any atom is -0.382 e. The second-order valence-corrected chi connectivity index (χ2v) is 3.21. The maximum atomic E-state index is 5.23. The highest BCUT2D eigenvalue weighted by atomic mass is 16.5. The average molecular weight is 146 g/mol. The molecule has 2 nitrogen and oxygen atoms in total. The summed E-state index contributed by atoms with van der Waals surface area (Å²) < 4.78 is 10.3. The minimum absolute atomic E-state index is 0.0601. The zero-order valence-corrected chi connectivity index (χ0v) is 7.60. The molecule has 0 aliphatic heterocycles. The lowest BCUT2D eigenvalue weighted by molar-refractivity contribution is -0.0261. The van der Waals surface area contributed by atoms with E-state index >= 15 is 0 Å². The molecule has 0 aromatic rings. The molecule has 0 heterocycles. The zero-order chi connectivity index (χ0) is 8.20. The lowest BCUT2D eigenvalue weighted by atomic mass is 10.0. The first-order chi connectivity index (χ1) is 4.52. The third-order valence-electron chi connectivity index (χ3n) is 1.73. The maximum absolute atomic E-state index is 5.23. The lowest BCUT2D eigenvalue weighted by Crippen LogP contribution is -2.28. The Bertz CT molecular complexity index is 89.3. The molecule has 0 aromatic carbocycles. The van der Waals surface area contributed by atoms with Crippen molar-refractivity contribution in [3.05, 3.63) is 0 Å². The van der Waals surface area contributed by atoms with Gasteiger partial charge in [0.25, 0.3) is 0 Å². The first-order valence-electron chi connectivity index (χ1n) is 3.60. The van der Waals surface area contributed by atoms with Crippen LogP contribution in [0.2, 0.25) is 0 Å². The van der Waals surface area contributed by atoms with Gasteiger partial charge >= 0.3 is 0 Å². The smallest absolute Gasteiger partial charge is 0.0647 e. The van der Waals surface area contributed by atoms with E-state index < -0.39 is 0 Å². The Morgan fingerprint density at radius 2 is 1.80 bits per heavy atom. The summed E-state index contributed by atoms with van der Waals surface area (Å²) in [6.07, 6.45) is 1.20. The van der Waals surface area contributed by atoms with Crippen LogP contribution in [-0.4, -0.2) is 25.9 Å². The summed E-state index contributed by atoms with van der Waals surface area (Å²) >= 11 is 0. The molecule has 2 heteroatoms. The van der Waals surface area contributed by atoms with E-state index in [1.807, 2.05) is 6.92 Å². The van der Waals surface area contributed by atoms with Crippen molar-refractivity contribution in [2.75, 3.05) is 14.2 Å². The predicted octanol–water partition coefficient (Wildman–Crippen LogP) is 1.84. The molecule has 10 heavy (non-hydrogen) atoms. The van der Waals surface area contributed by atoms with Crippen LogP contribution >= 0.6 is 0 Å². The summed E-state index contributed by atoms with van der Waals surface area (Å²) in [7, 11) is 3.44. The lowest BCUT2D eigenvalue weighted by Gasteiger charge is -2.25. The fourth-order valence-corrected chi connectivity index (χ4v) is 0.859. The van der Waals surface area contributed by atoms with Crippen LogP contribution in [0, 0.1) is 0 Å². The highest BCUT2D eigenvalue weighted by molar-refractivity contribution is 4.70. The van der Waals surface area contributed by atoms with Gasteiger partial charge in [0.2, 0.25) is 0 Å². The zero-order valence-electron chi connectivity index (χ0n) is 7.60. The Morgan fingerprint density at radius 1 is 1.30 bits per heavy atom. The summed E-state index contributed by atoms with van der Waals surface area (Å²) in [5.74, 6) is 0. The van der Waals surface area contributed by atoms with Gasteiger partial charge in [0.05, 0.1) is 11.7 Å². The van der Waals surface area contributed by atoms with Crippen LogP contribution in [0.1, 0.15) is 27.2 Å². The van der Waals surface area contributed by atoms with E-state index in [0.29, 0.717) is 0 Å². The molecule has 0 aliphatic rings. The van der Waals surface area contributed by atoms with Crippen molar-refractivity contribution in [1.82, 2.24) is 0 Å². The molecule has 0 N–H and O–H groups in total. The van der Waals surface area contributed by atoms with Crippen LogP contribution < -0.4 is 0 Å². The topological polar surface area (TPSA) is 18.5 Å². The Morgan fingerprint density at radius 3 is 2.10 bits per heavy atom. The Hall–Kier alpha value is -0.0800. The summed E-state index contributed by atoms with van der Waals surface area (Å²) in [6.45, 7) is 6.16. The Kier molecular flexibility index (Phi) is 3.91. The van der Waals surface area contributed by atoms with Gasteiger partial charge in [-0.15, -0.1) is 0 Å². The molecule has 0 aliphatic carbocycles. The van der Waals surface area contributed by atoms with E-state index in [-0.39, 0.29) is 11.7 Å². The highest BCUT2D eigenvalue weighted by Gasteiger charge is 2.19. The third-order valence-corrected chi connectivity index (χ3v) is 1.73. The van der Waals surface area contributed by atoms with Crippen LogP contribution in [-0.2, 0) is 9.47 Å². The first kappa shape index (κ1) is 9.92. The fourth-order valence-electron chi connectivity index (χ4n) is 0.859. The van der Waals surface area contributed by atoms with Crippen LogP contribution in [0.4, 0.5) is 0 Å². The highest BCUT2D eigenvalue weighted by Crippen LogP contribution is 2.16. The molecule has 0 saturated heterocycles. The van der Waals surface area contributed by atoms with Gasteiger partial charge in [0, 0.05) is 20.6 Å². The average Bonchev–Trinajstić information content (AvgIpc) is 1.87. The van der Waals surface area contributed by atoms with E-state index in [1.165, 1.54) is 0 Å². The quantitative estimate of drug-likeness (QED) is 0.602. The van der Waals surface area contributed by atoms with Crippen LogP contribution in [0.3, 0.4) is 0 Å². The number of rotatable bonds is 4. The molecule has 1 unspecified atom stereocenters. The van der Waals surface area contributed by atoms with Crippen molar-refractivity contribution in [2.24, 2.45) is 0 Å². The van der Waals surface area contributed by atoms with E-state index in [2.05, 4.69) is 13.8 Å². The van der Waals surface area contributed by atoms with Crippen LogP contribution in [0.15, 0.2) is 0 Å². The van der Waals surface area contributed by atoms with Crippen LogP contribution in [0.5, 0.6) is 0 Å². The second kappa shape index (κ2) is 3.94. The Balaban J connectivity index is 3.64. The van der Waals surface area contributed by atoms with Crippen molar-refractivity contribution >= 4 is 0 Å². The largest absolute Gasteiger partial charge is 0.382 e. The summed E-state index contributed by atoms with van der Waals surface area (Å²) in [6, 6.07) is 0. The summed E-state index contributed by atoms with van der Waals surface area (Å²) in [5, 5.41) is 0. The first-order valence-corrected chi connectivity index (χ1v) is 3.60. The SMILES string of the molecule is COC(C)CC(C)(C)OC. The van der Waals surface area contributed by atoms with Crippen molar-refractivity contribution in [3.63, 3.8) is 0 Å². The maximum Gasteiger partial charge on any atom is 0.0647 e. The van der Waals surface area contributed by atoms with Crippen LogP contribution in [0.25, 0.3) is 0 Å². The van der Waals surface area contributed by atoms with Crippen molar-refractivity contribution < 1.29 is 9.47 Å². The molecule has 0 spiro atoms. The monoisotopic (exact) mass is 146 g/mol. The second-order valence-electron chi connectivity index (χ2n) is 3.21. The number of hydrogen-bond donors (Lipinski definition) is 0. The van der Waals surface area contributed by atoms with Crippen molar-refractivity contribution in [2.45, 2.75) is 38.9 Å². The number of methoxy groups -OCH3 is 2. The summed E-state index contributed by atoms with van der Waals surface area (Å²) in [5.41, 5.74) is -0.0601. The molecule has 62 valence electrons. The van der Waals surface area contributed by atoms with Gasteiger partial charge in [0.15, 0.2) is 0 Å². The van der Waals surface area contributed by atoms with Crippen molar-refractivity contribution in [1.29, 1.82) is 0 Å². The van der Waals surface area contributed by atoms with E-state index in [4.69, 9.17) is 9.47 Å². The third kappa shape index (κ3) is 3.85. The molecule has 0 rings (SSSR count). The molecular formula is C8H18O2. The molecule has 0 saturated carbocycles. The van der Waals surface area contributed by atoms with Gasteiger partial charge in [-0.2, -0.15) is 0 Å². The standard InChI is InChI=1S/C8H18O2/c1-7(9-4)6-8(2,3)10-5/h7H,6H2,1-5H3. The van der Waals surface area contributed by atoms with Gasteiger partial charge < -0.3 is 9.47 Å². The molecule has 1 atom stereocenters. The minimum atomic E-state index is -0.0601. The molecule has 0 fully saturated rings. The molecule has 0 bridgehead atoms. The number of ether oxygens (including phenoxy) is 2. The molecule has 0 radical (unpaired) electrons. The van der Waals surface area contributed by atoms with Gasteiger partial charge in [-0.3, -0.25) is 0 Å². The molecular weight excluding hydrogens is 128 g/mol. The van der Waals surface area contributed by atoms with E-state index in [0.717, 1.165) is 6.42 Å². The Labute approximate surface area is 63.5 Å². The predicted molar refractivity (Wildman–Crippen MR) is 42.2 cm³/mol. The van der Waals surface area contributed by atoms with Gasteiger partial charge in [-0.1, -0.05) is 0 Å². The summed E-state index contributed by atoms with van der Waals surface area (Å²) in [4.78, 5) is 0. The fraction of sp³-hybridized carbons (Fsp3) is 1.00.